The third-order valence-electron chi connectivity index (χ3n) is 4.91. The van der Waals surface area contributed by atoms with Crippen LogP contribution in [0.3, 0.4) is 0 Å². The van der Waals surface area contributed by atoms with Gasteiger partial charge in [-0.15, -0.1) is 6.58 Å². The molecule has 0 saturated carbocycles. The fraction of sp³-hybridized carbons (Fsp3) is 0.391. The smallest absolute Gasteiger partial charge is 0.113 e. The van der Waals surface area contributed by atoms with E-state index in [4.69, 9.17) is 14.2 Å². The van der Waals surface area contributed by atoms with E-state index in [2.05, 4.69) is 13.5 Å². The molecule has 5 unspecified atom stereocenters. The number of aliphatic hydroxyl groups is 1. The first-order valence-electron chi connectivity index (χ1n) is 9.42. The normalized spacial score (nSPS) is 28.4. The molecule has 144 valence electrons. The number of rotatable bonds is 7. The number of hydrogen-bond donors (Lipinski definition) is 1. The van der Waals surface area contributed by atoms with Crippen molar-refractivity contribution in [3.8, 4) is 0 Å². The van der Waals surface area contributed by atoms with Gasteiger partial charge in [0.2, 0.25) is 0 Å². The summed E-state index contributed by atoms with van der Waals surface area (Å²) in [5.41, 5.74) is 2.14. The summed E-state index contributed by atoms with van der Waals surface area (Å²) < 4.78 is 18.2. The molecule has 0 bridgehead atoms. The van der Waals surface area contributed by atoms with Gasteiger partial charge in [0.15, 0.2) is 0 Å². The topological polar surface area (TPSA) is 47.9 Å². The number of hydrogen-bond acceptors (Lipinski definition) is 4. The SMILES string of the molecule is C=CC1OCC(C)C(OCc2ccccc2)C(OCc2ccccc2)C1O. The fourth-order valence-electron chi connectivity index (χ4n) is 3.35. The highest BCUT2D eigenvalue weighted by Crippen LogP contribution is 2.27. The maximum Gasteiger partial charge on any atom is 0.113 e. The highest BCUT2D eigenvalue weighted by Gasteiger charge is 2.41. The van der Waals surface area contributed by atoms with E-state index >= 15 is 0 Å². The van der Waals surface area contributed by atoms with E-state index in [0.717, 1.165) is 11.1 Å². The summed E-state index contributed by atoms with van der Waals surface area (Å²) in [5.74, 6) is 0.0779. The molecule has 4 nitrogen and oxygen atoms in total. The molecule has 1 heterocycles. The van der Waals surface area contributed by atoms with Gasteiger partial charge < -0.3 is 19.3 Å². The van der Waals surface area contributed by atoms with Gasteiger partial charge in [-0.3, -0.25) is 0 Å². The van der Waals surface area contributed by atoms with Gasteiger partial charge in [-0.1, -0.05) is 73.7 Å². The lowest BCUT2D eigenvalue weighted by Crippen LogP contribution is -2.46. The number of aliphatic hydroxyl groups excluding tert-OH is 1. The summed E-state index contributed by atoms with van der Waals surface area (Å²) in [4.78, 5) is 0. The molecule has 3 rings (SSSR count). The van der Waals surface area contributed by atoms with Crippen LogP contribution in [0, 0.1) is 5.92 Å². The number of benzene rings is 2. The van der Waals surface area contributed by atoms with Crippen molar-refractivity contribution in [2.24, 2.45) is 5.92 Å². The van der Waals surface area contributed by atoms with Crippen molar-refractivity contribution in [3.05, 3.63) is 84.4 Å². The van der Waals surface area contributed by atoms with E-state index in [0.29, 0.717) is 19.8 Å². The third-order valence-corrected chi connectivity index (χ3v) is 4.91. The Bertz CT molecular complexity index is 688. The Hall–Kier alpha value is -1.98. The van der Waals surface area contributed by atoms with Gasteiger partial charge in [0.1, 0.15) is 18.3 Å². The van der Waals surface area contributed by atoms with Crippen LogP contribution in [0.25, 0.3) is 0 Å². The molecular weight excluding hydrogens is 340 g/mol. The molecule has 2 aromatic rings. The Kier molecular flexibility index (Phi) is 7.18. The van der Waals surface area contributed by atoms with Crippen LogP contribution >= 0.6 is 0 Å². The quantitative estimate of drug-likeness (QED) is 0.757. The Balaban J connectivity index is 1.75. The average molecular weight is 368 g/mol. The Morgan fingerprint density at radius 1 is 0.963 bits per heavy atom. The van der Waals surface area contributed by atoms with E-state index in [1.165, 1.54) is 0 Å². The van der Waals surface area contributed by atoms with E-state index in [9.17, 15) is 5.11 Å². The molecule has 4 heteroatoms. The van der Waals surface area contributed by atoms with Crippen molar-refractivity contribution in [3.63, 3.8) is 0 Å². The molecule has 0 amide bonds. The third kappa shape index (κ3) is 5.27. The van der Waals surface area contributed by atoms with Gasteiger partial charge >= 0.3 is 0 Å². The summed E-state index contributed by atoms with van der Waals surface area (Å²) >= 11 is 0. The van der Waals surface area contributed by atoms with Gasteiger partial charge in [0.25, 0.3) is 0 Å². The molecule has 0 radical (unpaired) electrons. The van der Waals surface area contributed by atoms with Gasteiger partial charge in [0.05, 0.1) is 25.9 Å². The molecule has 1 aliphatic rings. The summed E-state index contributed by atoms with van der Waals surface area (Å²) in [7, 11) is 0. The zero-order valence-corrected chi connectivity index (χ0v) is 15.7. The zero-order valence-electron chi connectivity index (χ0n) is 15.7. The molecule has 1 saturated heterocycles. The predicted octanol–water partition coefficient (Wildman–Crippen LogP) is 3.74. The summed E-state index contributed by atoms with van der Waals surface area (Å²) in [6.07, 6.45) is -0.464. The first kappa shape index (κ1) is 19.8. The second-order valence-corrected chi connectivity index (χ2v) is 7.02. The van der Waals surface area contributed by atoms with Crippen molar-refractivity contribution in [2.45, 2.75) is 44.6 Å². The first-order chi connectivity index (χ1) is 13.2. The molecule has 27 heavy (non-hydrogen) atoms. The van der Waals surface area contributed by atoms with Crippen molar-refractivity contribution in [1.82, 2.24) is 0 Å². The van der Waals surface area contributed by atoms with Crippen LogP contribution in [0.1, 0.15) is 18.1 Å². The number of ether oxygens (including phenoxy) is 3. The predicted molar refractivity (Wildman–Crippen MR) is 105 cm³/mol. The molecule has 0 aliphatic carbocycles. The van der Waals surface area contributed by atoms with E-state index in [1.54, 1.807) is 6.08 Å². The maximum atomic E-state index is 10.9. The standard InChI is InChI=1S/C23H28O4/c1-3-20-21(24)23(27-16-19-12-8-5-9-13-19)22(17(2)14-25-20)26-15-18-10-6-4-7-11-18/h3-13,17,20-24H,1,14-16H2,2H3. The van der Waals surface area contributed by atoms with Crippen LogP contribution < -0.4 is 0 Å². The lowest BCUT2D eigenvalue weighted by molar-refractivity contribution is -0.145. The molecular formula is C23H28O4. The first-order valence-corrected chi connectivity index (χ1v) is 9.42. The highest BCUT2D eigenvalue weighted by molar-refractivity contribution is 5.14. The Labute approximate surface area is 161 Å². The van der Waals surface area contributed by atoms with Crippen LogP contribution in [0.15, 0.2) is 73.3 Å². The fourth-order valence-corrected chi connectivity index (χ4v) is 3.35. The summed E-state index contributed by atoms with van der Waals surface area (Å²) in [6, 6.07) is 20.0. The largest absolute Gasteiger partial charge is 0.387 e. The molecule has 0 aromatic heterocycles. The monoisotopic (exact) mass is 368 g/mol. The Morgan fingerprint density at radius 3 is 2.00 bits per heavy atom. The Morgan fingerprint density at radius 2 is 1.48 bits per heavy atom. The minimum Gasteiger partial charge on any atom is -0.387 e. The van der Waals surface area contributed by atoms with Crippen LogP contribution in [-0.2, 0) is 27.4 Å². The lowest BCUT2D eigenvalue weighted by Gasteiger charge is -2.32. The van der Waals surface area contributed by atoms with Gasteiger partial charge in [-0.05, 0) is 11.1 Å². The second-order valence-electron chi connectivity index (χ2n) is 7.02. The van der Waals surface area contributed by atoms with Crippen molar-refractivity contribution in [2.75, 3.05) is 6.61 Å². The van der Waals surface area contributed by atoms with Crippen LogP contribution in [0.2, 0.25) is 0 Å². The van der Waals surface area contributed by atoms with E-state index in [-0.39, 0.29) is 12.0 Å². The molecule has 2 aromatic carbocycles. The van der Waals surface area contributed by atoms with Crippen LogP contribution in [-0.4, -0.2) is 36.1 Å². The molecule has 1 fully saturated rings. The van der Waals surface area contributed by atoms with Gasteiger partial charge in [-0.25, -0.2) is 0 Å². The lowest BCUT2D eigenvalue weighted by atomic mass is 9.95. The molecule has 1 aliphatic heterocycles. The summed E-state index contributed by atoms with van der Waals surface area (Å²) in [6.45, 7) is 7.21. The van der Waals surface area contributed by atoms with E-state index < -0.39 is 18.3 Å². The van der Waals surface area contributed by atoms with E-state index in [1.807, 2.05) is 60.7 Å². The summed E-state index contributed by atoms with van der Waals surface area (Å²) in [5, 5.41) is 10.9. The van der Waals surface area contributed by atoms with Crippen molar-refractivity contribution in [1.29, 1.82) is 0 Å². The van der Waals surface area contributed by atoms with Crippen molar-refractivity contribution < 1.29 is 19.3 Å². The van der Waals surface area contributed by atoms with Crippen molar-refractivity contribution >= 4 is 0 Å². The average Bonchev–Trinajstić information content (AvgIpc) is 2.82. The van der Waals surface area contributed by atoms with Crippen LogP contribution in [0.5, 0.6) is 0 Å². The van der Waals surface area contributed by atoms with Crippen LogP contribution in [0.4, 0.5) is 0 Å². The minimum atomic E-state index is -0.836. The van der Waals surface area contributed by atoms with Gasteiger partial charge in [0, 0.05) is 5.92 Å². The molecule has 1 N–H and O–H groups in total. The maximum absolute atomic E-state index is 10.9. The van der Waals surface area contributed by atoms with Gasteiger partial charge in [-0.2, -0.15) is 0 Å². The molecule has 0 spiro atoms. The molecule has 5 atom stereocenters. The highest BCUT2D eigenvalue weighted by atomic mass is 16.6. The minimum absolute atomic E-state index is 0.0779. The second kappa shape index (κ2) is 9.81. The zero-order chi connectivity index (χ0) is 19.1.